The largest absolute Gasteiger partial charge is 0.546 e. The number of halogens is 1. The first-order valence-corrected chi connectivity index (χ1v) is 8.15. The second-order valence-corrected chi connectivity index (χ2v) is 6.11. The number of nitrogens with zero attached hydrogens (tertiary/aromatic N) is 1. The highest BCUT2D eigenvalue weighted by Gasteiger charge is 2.32. The van der Waals surface area contributed by atoms with Gasteiger partial charge >= 0.3 is 0 Å². The van der Waals surface area contributed by atoms with Gasteiger partial charge in [-0.2, -0.15) is 0 Å². The van der Waals surface area contributed by atoms with Crippen molar-refractivity contribution in [2.75, 3.05) is 13.2 Å². The molecule has 1 N–H and O–H groups in total. The molecule has 0 unspecified atom stereocenters. The van der Waals surface area contributed by atoms with Crippen LogP contribution in [0.5, 0.6) is 5.75 Å². The molecule has 1 aliphatic heterocycles. The quantitative estimate of drug-likeness (QED) is 0.307. The van der Waals surface area contributed by atoms with Gasteiger partial charge in [-0.05, 0) is 51.9 Å². The molecule has 25 heavy (non-hydrogen) atoms. The molecule has 1 aliphatic rings. The molecule has 7 nitrogen and oxygen atoms in total. The van der Waals surface area contributed by atoms with Crippen LogP contribution in [0, 0.1) is 0 Å². The molecule has 1 fully saturated rings. The van der Waals surface area contributed by atoms with Gasteiger partial charge in [-0.25, -0.2) is 0 Å². The van der Waals surface area contributed by atoms with Gasteiger partial charge in [-0.3, -0.25) is 19.8 Å². The van der Waals surface area contributed by atoms with Crippen LogP contribution in [0.15, 0.2) is 40.9 Å². The van der Waals surface area contributed by atoms with Gasteiger partial charge in [-0.15, -0.1) is 6.58 Å². The van der Waals surface area contributed by atoms with Crippen LogP contribution in [0.3, 0.4) is 0 Å². The van der Waals surface area contributed by atoms with Crippen molar-refractivity contribution >= 4 is 57.1 Å². The van der Waals surface area contributed by atoms with Crippen LogP contribution in [-0.2, 0) is 14.4 Å². The number of nitrogens with one attached hydrogen (secondary N) is 1. The van der Waals surface area contributed by atoms with Crippen LogP contribution < -0.4 is 15.2 Å². The number of benzene rings is 1. The lowest BCUT2D eigenvalue weighted by atomic mass is 10.1. The second-order valence-electron chi connectivity index (χ2n) is 4.87. The third-order valence-corrected chi connectivity index (χ3v) is 4.05. The van der Waals surface area contributed by atoms with Crippen molar-refractivity contribution in [3.8, 4) is 5.75 Å². The van der Waals surface area contributed by atoms with Crippen molar-refractivity contribution < 1.29 is 24.2 Å². The molecule has 1 heterocycles. The Morgan fingerprint density at radius 1 is 1.44 bits per heavy atom. The second kappa shape index (κ2) is 8.04. The molecule has 9 heteroatoms. The van der Waals surface area contributed by atoms with Crippen LogP contribution in [0.25, 0.3) is 6.08 Å². The maximum absolute atomic E-state index is 12.4. The Morgan fingerprint density at radius 2 is 2.16 bits per heavy atom. The summed E-state index contributed by atoms with van der Waals surface area (Å²) in [5.74, 6) is -2.17. The van der Waals surface area contributed by atoms with E-state index in [2.05, 4.69) is 27.8 Å². The number of carboxylic acid groups (broad SMARTS) is 1. The van der Waals surface area contributed by atoms with Crippen LogP contribution in [0.1, 0.15) is 5.56 Å². The highest BCUT2D eigenvalue weighted by atomic mass is 79.9. The molecule has 0 spiro atoms. The number of hydrogen-bond donors (Lipinski definition) is 1. The number of carboxylic acids is 1. The minimum atomic E-state index is -1.35. The number of thiocarbonyl (C=S) groups is 1. The molecule has 2 rings (SSSR count). The molecule has 0 radical (unpaired) electrons. The van der Waals surface area contributed by atoms with E-state index in [1.807, 2.05) is 0 Å². The lowest BCUT2D eigenvalue weighted by Crippen LogP contribution is -2.53. The minimum Gasteiger partial charge on any atom is -0.546 e. The SMILES string of the molecule is C=CCN1C(=O)/C(=C/c2ccc(OCC(=O)[O-])c(Br)c2)C(=O)NC1=S. The molecule has 2 amide bonds. The molecular formula is C16H12BrN2O5S-. The Labute approximate surface area is 157 Å². The molecule has 0 saturated carbocycles. The van der Waals surface area contributed by atoms with Crippen molar-refractivity contribution in [2.45, 2.75) is 0 Å². The van der Waals surface area contributed by atoms with E-state index >= 15 is 0 Å². The van der Waals surface area contributed by atoms with Gasteiger partial charge < -0.3 is 14.6 Å². The third kappa shape index (κ3) is 4.52. The first-order valence-electron chi connectivity index (χ1n) is 6.95. The Morgan fingerprint density at radius 3 is 2.76 bits per heavy atom. The van der Waals surface area contributed by atoms with Crippen LogP contribution in [-0.4, -0.2) is 40.9 Å². The van der Waals surface area contributed by atoms with E-state index in [0.717, 1.165) is 0 Å². The van der Waals surface area contributed by atoms with Crippen molar-refractivity contribution in [1.29, 1.82) is 0 Å². The standard InChI is InChI=1S/C16H13BrN2O5S/c1-2-5-19-15(23)10(14(22)18-16(19)25)6-9-3-4-12(11(17)7-9)24-8-13(20)21/h2-4,6-7H,1,5,8H2,(H,20,21)(H,18,22,25)/p-1/b10-6+. The molecule has 1 saturated heterocycles. The van der Waals surface area contributed by atoms with Gasteiger partial charge in [0.1, 0.15) is 17.9 Å². The molecule has 0 atom stereocenters. The molecule has 0 bridgehead atoms. The molecule has 0 aliphatic carbocycles. The fourth-order valence-corrected chi connectivity index (χ4v) is 2.78. The van der Waals surface area contributed by atoms with Crippen LogP contribution in [0.2, 0.25) is 0 Å². The number of carbonyl (C=O) groups is 3. The average molecular weight is 424 g/mol. The summed E-state index contributed by atoms with van der Waals surface area (Å²) in [6, 6.07) is 4.67. The number of hydrogen-bond acceptors (Lipinski definition) is 6. The van der Waals surface area contributed by atoms with Crippen molar-refractivity contribution in [1.82, 2.24) is 10.2 Å². The molecule has 1 aromatic carbocycles. The van der Waals surface area contributed by atoms with E-state index in [4.69, 9.17) is 17.0 Å². The van der Waals surface area contributed by atoms with Crippen LogP contribution >= 0.6 is 28.1 Å². The summed E-state index contributed by atoms with van der Waals surface area (Å²) in [4.78, 5) is 36.1. The zero-order valence-corrected chi connectivity index (χ0v) is 15.2. The zero-order chi connectivity index (χ0) is 18.6. The van der Waals surface area contributed by atoms with Gasteiger partial charge in [0, 0.05) is 6.54 Å². The predicted octanol–water partition coefficient (Wildman–Crippen LogP) is 0.390. The Kier molecular flexibility index (Phi) is 6.05. The average Bonchev–Trinajstić information content (AvgIpc) is 2.54. The smallest absolute Gasteiger partial charge is 0.265 e. The van der Waals surface area contributed by atoms with Gasteiger partial charge in [0.2, 0.25) is 0 Å². The Hall–Kier alpha value is -2.52. The number of aliphatic carboxylic acids is 1. The normalized spacial score (nSPS) is 16.0. The molecule has 1 aromatic rings. The van der Waals surface area contributed by atoms with Crippen molar-refractivity contribution in [3.63, 3.8) is 0 Å². The highest BCUT2D eigenvalue weighted by molar-refractivity contribution is 9.10. The van der Waals surface area contributed by atoms with Crippen LogP contribution in [0.4, 0.5) is 0 Å². The van der Waals surface area contributed by atoms with E-state index in [9.17, 15) is 19.5 Å². The summed E-state index contributed by atoms with van der Waals surface area (Å²) in [5.41, 5.74) is 0.461. The van der Waals surface area contributed by atoms with E-state index in [1.165, 1.54) is 23.1 Å². The molecule has 0 aromatic heterocycles. The van der Waals surface area contributed by atoms with E-state index in [1.54, 1.807) is 12.1 Å². The van der Waals surface area contributed by atoms with E-state index < -0.39 is 24.4 Å². The predicted molar refractivity (Wildman–Crippen MR) is 95.3 cm³/mol. The van der Waals surface area contributed by atoms with Crippen molar-refractivity contribution in [2.24, 2.45) is 0 Å². The number of rotatable bonds is 6. The highest BCUT2D eigenvalue weighted by Crippen LogP contribution is 2.27. The first-order chi connectivity index (χ1) is 11.8. The first kappa shape index (κ1) is 18.8. The zero-order valence-electron chi connectivity index (χ0n) is 12.8. The van der Waals surface area contributed by atoms with Gasteiger partial charge in [-0.1, -0.05) is 12.1 Å². The lowest BCUT2D eigenvalue weighted by molar-refractivity contribution is -0.307. The maximum atomic E-state index is 12.4. The van der Waals surface area contributed by atoms with Crippen molar-refractivity contribution in [3.05, 3.63) is 46.5 Å². The summed E-state index contributed by atoms with van der Waals surface area (Å²) in [5, 5.41) is 12.9. The monoisotopic (exact) mass is 423 g/mol. The maximum Gasteiger partial charge on any atom is 0.265 e. The summed E-state index contributed by atoms with van der Waals surface area (Å²) < 4.78 is 5.50. The number of amides is 2. The molecule has 130 valence electrons. The summed E-state index contributed by atoms with van der Waals surface area (Å²) in [6.07, 6.45) is 2.90. The Bertz CT molecular complexity index is 806. The third-order valence-electron chi connectivity index (χ3n) is 3.11. The van der Waals surface area contributed by atoms with E-state index in [-0.39, 0.29) is 17.2 Å². The summed E-state index contributed by atoms with van der Waals surface area (Å²) >= 11 is 8.21. The summed E-state index contributed by atoms with van der Waals surface area (Å²) in [6.45, 7) is 3.14. The van der Waals surface area contributed by atoms with Gasteiger partial charge in [0.15, 0.2) is 5.11 Å². The van der Waals surface area contributed by atoms with E-state index in [0.29, 0.717) is 15.8 Å². The fraction of sp³-hybridized carbons (Fsp3) is 0.125. The summed E-state index contributed by atoms with van der Waals surface area (Å²) in [7, 11) is 0. The minimum absolute atomic E-state index is 0.0271. The Balaban J connectivity index is 2.28. The lowest BCUT2D eigenvalue weighted by Gasteiger charge is -2.27. The number of carbonyl (C=O) groups excluding carboxylic acids is 3. The van der Waals surface area contributed by atoms with Gasteiger partial charge in [0.05, 0.1) is 10.4 Å². The fourth-order valence-electron chi connectivity index (χ4n) is 2.02. The molecular weight excluding hydrogens is 412 g/mol. The number of ether oxygens (including phenoxy) is 1. The van der Waals surface area contributed by atoms with Gasteiger partial charge in [0.25, 0.3) is 11.8 Å². The topological polar surface area (TPSA) is 98.8 Å².